The first kappa shape index (κ1) is 21.9. The van der Waals surface area contributed by atoms with E-state index in [1.807, 2.05) is 6.92 Å². The number of hydrogen-bond acceptors (Lipinski definition) is 5. The Morgan fingerprint density at radius 2 is 2.00 bits per heavy atom. The van der Waals surface area contributed by atoms with E-state index in [1.165, 1.54) is 6.20 Å². The zero-order valence-corrected chi connectivity index (χ0v) is 18.8. The Labute approximate surface area is 163 Å². The van der Waals surface area contributed by atoms with Crippen LogP contribution in [-0.4, -0.2) is 42.8 Å². The highest BCUT2D eigenvalue weighted by atomic mass is 28.4. The number of carbonyl (C=O) groups is 1. The smallest absolute Gasteiger partial charge is 0.273 e. The summed E-state index contributed by atoms with van der Waals surface area (Å²) in [6.07, 6.45) is 1.72. The molecule has 1 aromatic heterocycles. The maximum Gasteiger partial charge on any atom is 0.273 e. The largest absolute Gasteiger partial charge is 0.505 e. The van der Waals surface area contributed by atoms with Gasteiger partial charge < -0.3 is 19.6 Å². The van der Waals surface area contributed by atoms with Crippen LogP contribution in [0.25, 0.3) is 0 Å². The lowest BCUT2D eigenvalue weighted by Gasteiger charge is -2.44. The SMILES string of the molecule is Cc1ccnc(C(=O)N[C@@H]2C[C@@H](O[Si](C)(C)C(C)(C)C)O[C@@H](C)[C@H]2C)c1O. The first-order valence-corrected chi connectivity index (χ1v) is 12.5. The fraction of sp³-hybridized carbons (Fsp3) is 0.700. The van der Waals surface area contributed by atoms with Crippen LogP contribution in [0.2, 0.25) is 18.1 Å². The highest BCUT2D eigenvalue weighted by Gasteiger charge is 2.43. The molecule has 1 fully saturated rings. The van der Waals surface area contributed by atoms with Crippen molar-refractivity contribution in [3.63, 3.8) is 0 Å². The topological polar surface area (TPSA) is 80.7 Å². The van der Waals surface area contributed by atoms with Crippen LogP contribution in [0.1, 0.15) is 57.1 Å². The lowest BCUT2D eigenvalue weighted by molar-refractivity contribution is -0.173. The van der Waals surface area contributed by atoms with Crippen LogP contribution >= 0.6 is 0 Å². The molecule has 0 unspecified atom stereocenters. The average molecular weight is 395 g/mol. The molecule has 1 aliphatic rings. The Bertz CT molecular complexity index is 687. The third-order valence-corrected chi connectivity index (χ3v) is 10.5. The molecule has 7 heteroatoms. The van der Waals surface area contributed by atoms with Crippen LogP contribution in [0.3, 0.4) is 0 Å². The summed E-state index contributed by atoms with van der Waals surface area (Å²) in [5.41, 5.74) is 0.686. The molecule has 0 aromatic carbocycles. The predicted molar refractivity (Wildman–Crippen MR) is 108 cm³/mol. The van der Waals surface area contributed by atoms with Crippen molar-refractivity contribution in [1.82, 2.24) is 10.3 Å². The Morgan fingerprint density at radius 3 is 2.59 bits per heavy atom. The lowest BCUT2D eigenvalue weighted by Crippen LogP contribution is -2.54. The number of amides is 1. The van der Waals surface area contributed by atoms with Gasteiger partial charge in [0.2, 0.25) is 0 Å². The van der Waals surface area contributed by atoms with Gasteiger partial charge in [0.15, 0.2) is 14.0 Å². The molecule has 1 amide bonds. The maximum atomic E-state index is 12.7. The molecule has 0 aliphatic carbocycles. The van der Waals surface area contributed by atoms with Gasteiger partial charge >= 0.3 is 0 Å². The number of ether oxygens (including phenoxy) is 1. The molecule has 1 aromatic rings. The highest BCUT2D eigenvalue weighted by molar-refractivity contribution is 6.74. The molecule has 152 valence electrons. The van der Waals surface area contributed by atoms with Gasteiger partial charge in [-0.05, 0) is 43.6 Å². The molecule has 0 bridgehead atoms. The third kappa shape index (κ3) is 4.89. The van der Waals surface area contributed by atoms with E-state index in [2.05, 4.69) is 51.1 Å². The quantitative estimate of drug-likeness (QED) is 0.755. The predicted octanol–water partition coefficient (Wildman–Crippen LogP) is 3.99. The van der Waals surface area contributed by atoms with Crippen LogP contribution in [-0.2, 0) is 9.16 Å². The van der Waals surface area contributed by atoms with Crippen molar-refractivity contribution in [2.24, 2.45) is 5.92 Å². The van der Waals surface area contributed by atoms with Crippen molar-refractivity contribution >= 4 is 14.2 Å². The van der Waals surface area contributed by atoms with E-state index in [0.717, 1.165) is 0 Å². The molecular formula is C20H34N2O4Si. The summed E-state index contributed by atoms with van der Waals surface area (Å²) >= 11 is 0. The van der Waals surface area contributed by atoms with Crippen LogP contribution < -0.4 is 5.32 Å². The van der Waals surface area contributed by atoms with E-state index in [-0.39, 0.29) is 46.7 Å². The minimum Gasteiger partial charge on any atom is -0.505 e. The molecule has 1 saturated heterocycles. The van der Waals surface area contributed by atoms with Crippen molar-refractivity contribution in [1.29, 1.82) is 0 Å². The summed E-state index contributed by atoms with van der Waals surface area (Å²) in [7, 11) is -1.98. The summed E-state index contributed by atoms with van der Waals surface area (Å²) in [6.45, 7) is 16.8. The minimum absolute atomic E-state index is 0.0436. The molecule has 1 aliphatic heterocycles. The van der Waals surface area contributed by atoms with Gasteiger partial charge in [0.25, 0.3) is 5.91 Å². The van der Waals surface area contributed by atoms with E-state index in [4.69, 9.17) is 9.16 Å². The molecular weight excluding hydrogens is 360 g/mol. The molecule has 4 atom stereocenters. The number of nitrogens with one attached hydrogen (secondary N) is 1. The first-order valence-electron chi connectivity index (χ1n) is 9.62. The highest BCUT2D eigenvalue weighted by Crippen LogP contribution is 2.39. The maximum absolute atomic E-state index is 12.7. The number of rotatable bonds is 4. The van der Waals surface area contributed by atoms with Crippen LogP contribution in [0.15, 0.2) is 12.3 Å². The first-order chi connectivity index (χ1) is 12.3. The molecule has 0 saturated carbocycles. The van der Waals surface area contributed by atoms with Crippen molar-refractivity contribution in [3.05, 3.63) is 23.5 Å². The summed E-state index contributed by atoms with van der Waals surface area (Å²) in [6, 6.07) is 1.56. The zero-order valence-electron chi connectivity index (χ0n) is 17.8. The second kappa shape index (κ2) is 7.89. The fourth-order valence-corrected chi connectivity index (χ4v) is 4.06. The van der Waals surface area contributed by atoms with E-state index < -0.39 is 8.32 Å². The molecule has 2 rings (SSSR count). The monoisotopic (exact) mass is 394 g/mol. The Hall–Kier alpha value is -1.44. The van der Waals surface area contributed by atoms with Gasteiger partial charge in [-0.2, -0.15) is 0 Å². The third-order valence-electron chi connectivity index (χ3n) is 6.08. The van der Waals surface area contributed by atoms with Gasteiger partial charge in [-0.3, -0.25) is 4.79 Å². The summed E-state index contributed by atoms with van der Waals surface area (Å²) in [5.74, 6) is -0.315. The number of aromatic nitrogens is 1. The molecule has 0 radical (unpaired) electrons. The van der Waals surface area contributed by atoms with Crippen molar-refractivity contribution in [2.45, 2.75) is 84.5 Å². The van der Waals surface area contributed by atoms with Crippen LogP contribution in [0.4, 0.5) is 0 Å². The second-order valence-electron chi connectivity index (χ2n) is 9.15. The summed E-state index contributed by atoms with van der Waals surface area (Å²) < 4.78 is 12.5. The average Bonchev–Trinajstić information content (AvgIpc) is 2.53. The normalized spacial score (nSPS) is 26.7. The van der Waals surface area contributed by atoms with Gasteiger partial charge in [0.1, 0.15) is 12.0 Å². The van der Waals surface area contributed by atoms with Gasteiger partial charge in [0, 0.05) is 24.6 Å². The fourth-order valence-electron chi connectivity index (χ4n) is 2.89. The lowest BCUT2D eigenvalue weighted by atomic mass is 9.91. The molecule has 0 spiro atoms. The number of aromatic hydroxyl groups is 1. The Balaban J connectivity index is 2.13. The number of aryl methyl sites for hydroxylation is 1. The minimum atomic E-state index is -1.98. The zero-order chi connectivity index (χ0) is 20.6. The summed E-state index contributed by atoms with van der Waals surface area (Å²) in [4.78, 5) is 16.7. The van der Waals surface area contributed by atoms with Crippen molar-refractivity contribution < 1.29 is 19.1 Å². The Kier molecular flexibility index (Phi) is 6.39. The number of pyridine rings is 1. The molecule has 27 heavy (non-hydrogen) atoms. The van der Waals surface area contributed by atoms with Gasteiger partial charge in [-0.25, -0.2) is 4.98 Å². The van der Waals surface area contributed by atoms with Gasteiger partial charge in [0.05, 0.1) is 6.10 Å². The molecule has 2 heterocycles. The van der Waals surface area contributed by atoms with Crippen molar-refractivity contribution in [3.8, 4) is 5.75 Å². The second-order valence-corrected chi connectivity index (χ2v) is 13.9. The summed E-state index contributed by atoms with van der Waals surface area (Å²) in [5, 5.41) is 13.3. The Morgan fingerprint density at radius 1 is 1.37 bits per heavy atom. The van der Waals surface area contributed by atoms with Crippen LogP contribution in [0.5, 0.6) is 5.75 Å². The molecule has 2 N–H and O–H groups in total. The molecule has 6 nitrogen and oxygen atoms in total. The van der Waals surface area contributed by atoms with E-state index in [0.29, 0.717) is 12.0 Å². The number of nitrogens with zero attached hydrogens (tertiary/aromatic N) is 1. The van der Waals surface area contributed by atoms with Crippen molar-refractivity contribution in [2.75, 3.05) is 0 Å². The number of carbonyl (C=O) groups excluding carboxylic acids is 1. The van der Waals surface area contributed by atoms with E-state index in [1.54, 1.807) is 13.0 Å². The number of hydrogen-bond donors (Lipinski definition) is 2. The van der Waals surface area contributed by atoms with Gasteiger partial charge in [-0.1, -0.05) is 27.7 Å². The van der Waals surface area contributed by atoms with E-state index in [9.17, 15) is 9.90 Å². The standard InChI is InChI=1S/C20H34N2O4Si/c1-12-9-10-21-17(18(12)23)19(24)22-15-11-16(25-14(3)13(15)2)26-27(7,8)20(4,5)6/h9-10,13-16,23H,11H2,1-8H3,(H,22,24)/t13-,14+,15-,16-/m1/s1. The van der Waals surface area contributed by atoms with Crippen LogP contribution in [0, 0.1) is 12.8 Å². The van der Waals surface area contributed by atoms with Gasteiger partial charge in [-0.15, -0.1) is 0 Å². The van der Waals surface area contributed by atoms with E-state index >= 15 is 0 Å².